The lowest BCUT2D eigenvalue weighted by Gasteiger charge is -2.19. The Morgan fingerprint density at radius 3 is 2.58 bits per heavy atom. The molecule has 6 nitrogen and oxygen atoms in total. The second kappa shape index (κ2) is 7.17. The summed E-state index contributed by atoms with van der Waals surface area (Å²) in [4.78, 5) is 20.4. The Hall–Kier alpha value is -2.86. The van der Waals surface area contributed by atoms with Crippen LogP contribution in [-0.2, 0) is 4.74 Å². The average molecular weight is 371 g/mol. The van der Waals surface area contributed by atoms with Crippen LogP contribution >= 0.6 is 11.6 Å². The van der Waals surface area contributed by atoms with Gasteiger partial charge in [0, 0.05) is 22.0 Å². The number of amides is 1. The van der Waals surface area contributed by atoms with Gasteiger partial charge in [0.1, 0.15) is 17.2 Å². The summed E-state index contributed by atoms with van der Waals surface area (Å²) in [7, 11) is 0. The zero-order valence-corrected chi connectivity index (χ0v) is 15.5. The smallest absolute Gasteiger partial charge is 0.413 e. The van der Waals surface area contributed by atoms with Gasteiger partial charge in [-0.2, -0.15) is 0 Å². The molecule has 0 aliphatic heterocycles. The van der Waals surface area contributed by atoms with Crippen molar-refractivity contribution < 1.29 is 9.53 Å². The minimum atomic E-state index is -0.563. The molecule has 3 aromatic rings. The van der Waals surface area contributed by atoms with E-state index >= 15 is 0 Å². The normalized spacial score (nSPS) is 11.2. The number of pyridine rings is 2. The zero-order valence-electron chi connectivity index (χ0n) is 14.7. The minimum absolute atomic E-state index is 0.402. The second-order valence-electron chi connectivity index (χ2n) is 6.68. The lowest BCUT2D eigenvalue weighted by molar-refractivity contribution is 0.0635. The number of nitrogens with one attached hydrogen (secondary N) is 2. The predicted molar refractivity (Wildman–Crippen MR) is 104 cm³/mol. The number of ether oxygens (including phenoxy) is 1. The van der Waals surface area contributed by atoms with E-state index in [1.54, 1.807) is 45.3 Å². The van der Waals surface area contributed by atoms with Crippen molar-refractivity contribution in [2.24, 2.45) is 0 Å². The number of fused-ring (bicyclic) bond motifs is 1. The van der Waals surface area contributed by atoms with E-state index in [9.17, 15) is 4.79 Å². The number of nitrogens with zero attached hydrogens (tertiary/aromatic N) is 2. The number of rotatable bonds is 3. The first-order valence-electron chi connectivity index (χ1n) is 8.08. The van der Waals surface area contributed by atoms with Crippen LogP contribution < -0.4 is 10.6 Å². The number of anilines is 3. The number of aromatic nitrogens is 2. The molecule has 2 heterocycles. The van der Waals surface area contributed by atoms with Crippen molar-refractivity contribution in [2.75, 3.05) is 10.6 Å². The van der Waals surface area contributed by atoms with Crippen LogP contribution in [0.1, 0.15) is 20.8 Å². The molecule has 134 valence electrons. The molecule has 2 aromatic heterocycles. The van der Waals surface area contributed by atoms with E-state index in [1.165, 1.54) is 0 Å². The van der Waals surface area contributed by atoms with E-state index in [-0.39, 0.29) is 0 Å². The molecule has 7 heteroatoms. The van der Waals surface area contributed by atoms with Gasteiger partial charge in [0.15, 0.2) is 0 Å². The predicted octanol–water partition coefficient (Wildman–Crippen LogP) is 5.37. The fourth-order valence-electron chi connectivity index (χ4n) is 2.36. The van der Waals surface area contributed by atoms with E-state index in [0.29, 0.717) is 16.7 Å². The van der Waals surface area contributed by atoms with E-state index in [1.807, 2.05) is 24.3 Å². The molecule has 3 rings (SSSR count). The Balaban J connectivity index is 1.74. The number of benzene rings is 1. The van der Waals surface area contributed by atoms with Gasteiger partial charge in [-0.3, -0.25) is 5.32 Å². The highest BCUT2D eigenvalue weighted by Crippen LogP contribution is 2.29. The molecule has 0 saturated carbocycles. The first-order valence-corrected chi connectivity index (χ1v) is 8.46. The molecular weight excluding hydrogens is 352 g/mol. The molecule has 2 N–H and O–H groups in total. The molecule has 0 radical (unpaired) electrons. The summed E-state index contributed by atoms with van der Waals surface area (Å²) in [6.07, 6.45) is 2.76. The number of halogens is 1. The lowest BCUT2D eigenvalue weighted by atomic mass is 10.1. The maximum atomic E-state index is 11.8. The Morgan fingerprint density at radius 2 is 1.88 bits per heavy atom. The van der Waals surface area contributed by atoms with Crippen LogP contribution in [0.25, 0.3) is 10.8 Å². The van der Waals surface area contributed by atoms with Gasteiger partial charge in [-0.25, -0.2) is 14.8 Å². The van der Waals surface area contributed by atoms with Gasteiger partial charge in [0.25, 0.3) is 0 Å². The van der Waals surface area contributed by atoms with Gasteiger partial charge < -0.3 is 10.1 Å². The highest BCUT2D eigenvalue weighted by molar-refractivity contribution is 6.35. The molecule has 0 aliphatic carbocycles. The van der Waals surface area contributed by atoms with Gasteiger partial charge >= 0.3 is 6.09 Å². The fourth-order valence-corrected chi connectivity index (χ4v) is 2.59. The van der Waals surface area contributed by atoms with Crippen LogP contribution in [0.15, 0.2) is 48.8 Å². The molecule has 0 spiro atoms. The number of hydrogen-bond donors (Lipinski definition) is 2. The fraction of sp³-hybridized carbons (Fsp3) is 0.211. The first kappa shape index (κ1) is 17.9. The Morgan fingerprint density at radius 1 is 1.08 bits per heavy atom. The van der Waals surface area contributed by atoms with Gasteiger partial charge in [0.05, 0.1) is 11.9 Å². The van der Waals surface area contributed by atoms with Gasteiger partial charge in [-0.15, -0.1) is 0 Å². The van der Waals surface area contributed by atoms with Gasteiger partial charge in [-0.05, 0) is 45.0 Å². The molecule has 1 amide bonds. The van der Waals surface area contributed by atoms with Crippen molar-refractivity contribution in [1.29, 1.82) is 0 Å². The Bertz CT molecular complexity index is 936. The van der Waals surface area contributed by atoms with Crippen LogP contribution in [0.5, 0.6) is 0 Å². The van der Waals surface area contributed by atoms with Crippen molar-refractivity contribution >= 4 is 45.8 Å². The molecule has 0 atom stereocenters. The average Bonchev–Trinajstić information content (AvgIpc) is 2.56. The highest BCUT2D eigenvalue weighted by atomic mass is 35.5. The molecule has 0 bridgehead atoms. The van der Waals surface area contributed by atoms with E-state index in [2.05, 4.69) is 20.6 Å². The number of hydrogen-bond acceptors (Lipinski definition) is 5. The largest absolute Gasteiger partial charge is 0.444 e. The quantitative estimate of drug-likeness (QED) is 0.647. The molecule has 26 heavy (non-hydrogen) atoms. The highest BCUT2D eigenvalue weighted by Gasteiger charge is 2.16. The van der Waals surface area contributed by atoms with Gasteiger partial charge in [-0.1, -0.05) is 23.7 Å². The minimum Gasteiger partial charge on any atom is -0.444 e. The summed E-state index contributed by atoms with van der Waals surface area (Å²) in [6.45, 7) is 5.41. The molecule has 0 aliphatic rings. The summed E-state index contributed by atoms with van der Waals surface area (Å²) >= 11 is 6.23. The van der Waals surface area contributed by atoms with E-state index < -0.39 is 11.7 Å². The van der Waals surface area contributed by atoms with Crippen LogP contribution in [0.2, 0.25) is 5.02 Å². The molecular formula is C19H19ClN4O2. The van der Waals surface area contributed by atoms with E-state index in [0.717, 1.165) is 16.5 Å². The van der Waals surface area contributed by atoms with Crippen molar-refractivity contribution in [2.45, 2.75) is 26.4 Å². The summed E-state index contributed by atoms with van der Waals surface area (Å²) in [5.74, 6) is 1.08. The third-order valence-corrected chi connectivity index (χ3v) is 3.74. The summed E-state index contributed by atoms with van der Waals surface area (Å²) in [5, 5.41) is 8.31. The maximum absolute atomic E-state index is 11.8. The maximum Gasteiger partial charge on any atom is 0.413 e. The zero-order chi connectivity index (χ0) is 18.7. The summed E-state index contributed by atoms with van der Waals surface area (Å²) in [5.41, 5.74) is 0.173. The number of carbonyl (C=O) groups is 1. The van der Waals surface area contributed by atoms with Crippen molar-refractivity contribution in [1.82, 2.24) is 9.97 Å². The number of carbonyl (C=O) groups excluding carboxylic acids is 1. The van der Waals surface area contributed by atoms with Crippen LogP contribution in [0.4, 0.5) is 22.1 Å². The lowest BCUT2D eigenvalue weighted by Crippen LogP contribution is -2.27. The van der Waals surface area contributed by atoms with Crippen LogP contribution in [0.3, 0.4) is 0 Å². The summed E-state index contributed by atoms with van der Waals surface area (Å²) < 4.78 is 5.20. The third-order valence-electron chi connectivity index (χ3n) is 3.41. The van der Waals surface area contributed by atoms with Crippen LogP contribution in [-0.4, -0.2) is 21.7 Å². The SMILES string of the molecule is CC(C)(C)OC(=O)Nc1ccc(Nc2nccc3c(Cl)cccc23)cn1. The summed E-state index contributed by atoms with van der Waals surface area (Å²) in [6, 6.07) is 11.0. The van der Waals surface area contributed by atoms with E-state index in [4.69, 9.17) is 16.3 Å². The van der Waals surface area contributed by atoms with Gasteiger partial charge in [0.2, 0.25) is 0 Å². The molecule has 0 unspecified atom stereocenters. The monoisotopic (exact) mass is 370 g/mol. The van der Waals surface area contributed by atoms with Crippen molar-refractivity contribution in [3.05, 3.63) is 53.8 Å². The second-order valence-corrected chi connectivity index (χ2v) is 7.09. The van der Waals surface area contributed by atoms with Crippen LogP contribution in [0, 0.1) is 0 Å². The molecule has 1 aromatic carbocycles. The Kier molecular flexibility index (Phi) is 4.95. The standard InChI is InChI=1S/C19H19ClN4O2/c1-19(2,3)26-18(25)24-16-8-7-12(11-22-16)23-17-14-5-4-6-15(20)13(14)9-10-21-17/h4-11H,1-3H3,(H,21,23)(H,22,24,25). The molecule has 0 fully saturated rings. The first-order chi connectivity index (χ1) is 12.3. The molecule has 0 saturated heterocycles. The Labute approximate surface area is 156 Å². The van der Waals surface area contributed by atoms with Crippen molar-refractivity contribution in [3.8, 4) is 0 Å². The topological polar surface area (TPSA) is 76.1 Å². The van der Waals surface area contributed by atoms with Crippen molar-refractivity contribution in [3.63, 3.8) is 0 Å². The third kappa shape index (κ3) is 4.40.